The van der Waals surface area contributed by atoms with E-state index in [0.717, 1.165) is 18.2 Å². The van der Waals surface area contributed by atoms with E-state index in [0.29, 0.717) is 11.1 Å². The second kappa shape index (κ2) is 9.89. The Hall–Kier alpha value is -2.11. The van der Waals surface area contributed by atoms with Crippen LogP contribution in [0.2, 0.25) is 5.02 Å². The first-order valence-electron chi connectivity index (χ1n) is 11.5. The summed E-state index contributed by atoms with van der Waals surface area (Å²) >= 11 is 5.85. The van der Waals surface area contributed by atoms with E-state index in [1.165, 1.54) is 56.9 Å². The van der Waals surface area contributed by atoms with Gasteiger partial charge in [-0.3, -0.25) is 4.79 Å². The van der Waals surface area contributed by atoms with Gasteiger partial charge in [0.25, 0.3) is 0 Å². The minimum Gasteiger partial charge on any atom is -0.341 e. The van der Waals surface area contributed by atoms with Crippen LogP contribution < -0.4 is 0 Å². The fraction of sp³-hybridized carbons (Fsp3) is 0.480. The predicted molar refractivity (Wildman–Crippen MR) is 135 cm³/mol. The quantitative estimate of drug-likeness (QED) is 0.457. The molecule has 12 heteroatoms. The van der Waals surface area contributed by atoms with Crippen LogP contribution >= 0.6 is 11.6 Å². The topological polar surface area (TPSA) is 88.6 Å². The molecule has 1 aliphatic rings. The third-order valence-corrected chi connectivity index (χ3v) is 12.5. The van der Waals surface area contributed by atoms with E-state index >= 15 is 0 Å². The van der Waals surface area contributed by atoms with Crippen LogP contribution in [0.15, 0.2) is 58.3 Å². The van der Waals surface area contributed by atoms with Gasteiger partial charge in [0.15, 0.2) is 19.7 Å². The Morgan fingerprint density at radius 2 is 1.41 bits per heavy atom. The van der Waals surface area contributed by atoms with E-state index in [1.807, 2.05) is 0 Å². The van der Waals surface area contributed by atoms with Gasteiger partial charge >= 0.3 is 6.18 Å². The number of carbonyl (C=O) groups excluding carboxylic acids is 1. The van der Waals surface area contributed by atoms with Crippen molar-refractivity contribution in [2.45, 2.75) is 66.0 Å². The Kier molecular flexibility index (Phi) is 7.87. The average molecular weight is 580 g/mol. The molecule has 0 bridgehead atoms. The number of rotatable bonds is 6. The molecule has 0 N–H and O–H groups in total. The number of amides is 1. The summed E-state index contributed by atoms with van der Waals surface area (Å²) in [6, 6.07) is 9.18. The van der Waals surface area contributed by atoms with E-state index in [-0.39, 0.29) is 30.8 Å². The van der Waals surface area contributed by atoms with Crippen LogP contribution in [-0.2, 0) is 30.6 Å². The first-order valence-corrected chi connectivity index (χ1v) is 14.9. The molecule has 0 saturated carbocycles. The van der Waals surface area contributed by atoms with Crippen molar-refractivity contribution in [2.75, 3.05) is 13.1 Å². The predicted octanol–water partition coefficient (Wildman–Crippen LogP) is 5.40. The molecule has 204 valence electrons. The summed E-state index contributed by atoms with van der Waals surface area (Å²) < 4.78 is 89.4. The minimum absolute atomic E-state index is 0.0431. The van der Waals surface area contributed by atoms with Gasteiger partial charge in [-0.15, -0.1) is 0 Å². The molecule has 2 aromatic carbocycles. The molecule has 1 aliphatic heterocycles. The normalized spacial score (nSPS) is 16.6. The first kappa shape index (κ1) is 29.4. The summed E-state index contributed by atoms with van der Waals surface area (Å²) in [5.41, 5.74) is -1.05. The van der Waals surface area contributed by atoms with Crippen LogP contribution in [0.25, 0.3) is 0 Å². The molecule has 1 heterocycles. The zero-order valence-electron chi connectivity index (χ0n) is 20.8. The van der Waals surface area contributed by atoms with Crippen molar-refractivity contribution in [3.63, 3.8) is 0 Å². The molecule has 1 fully saturated rings. The number of hydrogen-bond donors (Lipinski definition) is 0. The number of nitrogens with zero attached hydrogens (tertiary/aromatic N) is 1. The highest BCUT2D eigenvalue weighted by Crippen LogP contribution is 2.40. The van der Waals surface area contributed by atoms with E-state index in [4.69, 9.17) is 11.6 Å². The summed E-state index contributed by atoms with van der Waals surface area (Å²) in [7, 11) is -8.22. The van der Waals surface area contributed by atoms with Gasteiger partial charge in [-0.25, -0.2) is 16.8 Å². The van der Waals surface area contributed by atoms with Gasteiger partial charge in [0.2, 0.25) is 5.91 Å². The minimum atomic E-state index is -4.68. The molecule has 2 aromatic rings. The van der Waals surface area contributed by atoms with Crippen LogP contribution in [-0.4, -0.2) is 50.2 Å². The third-order valence-electron chi connectivity index (χ3n) is 7.24. The molecule has 0 aliphatic carbocycles. The van der Waals surface area contributed by atoms with Crippen LogP contribution in [0.5, 0.6) is 0 Å². The number of piperidine rings is 1. The van der Waals surface area contributed by atoms with Crippen molar-refractivity contribution in [2.24, 2.45) is 5.92 Å². The molecule has 3 rings (SSSR count). The fourth-order valence-electron chi connectivity index (χ4n) is 4.54. The number of hydrogen-bond acceptors (Lipinski definition) is 5. The van der Waals surface area contributed by atoms with Crippen molar-refractivity contribution < 1.29 is 34.8 Å². The lowest BCUT2D eigenvalue weighted by Gasteiger charge is -2.42. The number of carbonyl (C=O) groups is 1. The molecule has 0 radical (unpaired) electrons. The van der Waals surface area contributed by atoms with E-state index < -0.39 is 57.6 Å². The second-order valence-corrected chi connectivity index (χ2v) is 15.6. The number of benzene rings is 2. The maximum Gasteiger partial charge on any atom is 0.416 e. The Morgan fingerprint density at radius 3 is 1.92 bits per heavy atom. The third kappa shape index (κ3) is 5.40. The zero-order valence-corrected chi connectivity index (χ0v) is 23.2. The summed E-state index contributed by atoms with van der Waals surface area (Å²) in [4.78, 5) is 14.2. The van der Waals surface area contributed by atoms with Crippen LogP contribution in [0.3, 0.4) is 0 Å². The van der Waals surface area contributed by atoms with Gasteiger partial charge < -0.3 is 4.90 Å². The van der Waals surface area contributed by atoms with Crippen molar-refractivity contribution in [3.05, 3.63) is 59.1 Å². The summed E-state index contributed by atoms with van der Waals surface area (Å²) in [5, 5.41) is 0.354. The zero-order chi connectivity index (χ0) is 28.0. The van der Waals surface area contributed by atoms with Gasteiger partial charge in [0, 0.05) is 18.1 Å². The lowest BCUT2D eigenvalue weighted by molar-refractivity contribution is -0.137. The molecule has 0 aromatic heterocycles. The molecule has 0 unspecified atom stereocenters. The number of likely N-dealkylation sites (tertiary alicyclic amines) is 1. The van der Waals surface area contributed by atoms with Gasteiger partial charge in [0.1, 0.15) is 4.75 Å². The van der Waals surface area contributed by atoms with Crippen molar-refractivity contribution in [3.8, 4) is 0 Å². The number of sulfone groups is 2. The van der Waals surface area contributed by atoms with Crippen LogP contribution in [0.1, 0.15) is 46.1 Å². The Balaban J connectivity index is 1.78. The molecule has 6 nitrogen and oxygen atoms in total. The number of halogens is 4. The molecule has 0 spiro atoms. The van der Waals surface area contributed by atoms with Crippen molar-refractivity contribution >= 4 is 37.2 Å². The van der Waals surface area contributed by atoms with Crippen molar-refractivity contribution in [1.82, 2.24) is 4.90 Å². The monoisotopic (exact) mass is 579 g/mol. The number of alkyl halides is 3. The maximum absolute atomic E-state index is 13.4. The Bertz CT molecular complexity index is 1380. The molecule has 1 amide bonds. The lowest BCUT2D eigenvalue weighted by atomic mass is 9.85. The maximum atomic E-state index is 13.4. The van der Waals surface area contributed by atoms with Gasteiger partial charge in [-0.2, -0.15) is 13.2 Å². The Labute approximate surface area is 220 Å². The lowest BCUT2D eigenvalue weighted by Crippen LogP contribution is -2.54. The molecular weight excluding hydrogens is 551 g/mol. The second-order valence-electron chi connectivity index (χ2n) is 10.2. The smallest absolute Gasteiger partial charge is 0.341 e. The van der Waals surface area contributed by atoms with Gasteiger partial charge in [-0.05, 0) is 88.9 Å². The van der Waals surface area contributed by atoms with Crippen LogP contribution in [0, 0.1) is 5.92 Å². The highest BCUT2D eigenvalue weighted by Gasteiger charge is 2.48. The largest absolute Gasteiger partial charge is 0.416 e. The summed E-state index contributed by atoms with van der Waals surface area (Å²) in [6.07, 6.45) is -4.19. The molecule has 37 heavy (non-hydrogen) atoms. The Morgan fingerprint density at radius 1 is 0.865 bits per heavy atom. The van der Waals surface area contributed by atoms with Gasteiger partial charge in [0.05, 0.1) is 20.1 Å². The standard InChI is InChI=1S/C25H29ClF3NO5S2/c1-23(2,37(34,35)21-7-5-6-18(16-21)25(27,28)29)17-12-14-30(15-13-17)22(31)24(3,4)36(32,33)20-10-8-19(26)9-11-20/h5-11,16-17H,12-15H2,1-4H3. The summed E-state index contributed by atoms with van der Waals surface area (Å²) in [6.45, 7) is 5.83. The molecule has 1 saturated heterocycles. The molecule has 0 atom stereocenters. The van der Waals surface area contributed by atoms with Crippen LogP contribution in [0.4, 0.5) is 13.2 Å². The SMILES string of the molecule is CC(C)(C(=O)N1CCC(C(C)(C)S(=O)(=O)c2cccc(C(F)(F)F)c2)CC1)S(=O)(=O)c1ccc(Cl)cc1. The van der Waals surface area contributed by atoms with E-state index in [1.54, 1.807) is 0 Å². The highest BCUT2D eigenvalue weighted by molar-refractivity contribution is 7.93. The summed E-state index contributed by atoms with van der Waals surface area (Å²) in [5.74, 6) is -1.08. The van der Waals surface area contributed by atoms with E-state index in [9.17, 15) is 34.8 Å². The molecular formula is C25H29ClF3NO5S2. The average Bonchev–Trinajstić information content (AvgIpc) is 2.83. The van der Waals surface area contributed by atoms with Gasteiger partial charge in [-0.1, -0.05) is 17.7 Å². The first-order chi connectivity index (χ1) is 16.8. The highest BCUT2D eigenvalue weighted by atomic mass is 35.5. The van der Waals surface area contributed by atoms with Crippen molar-refractivity contribution in [1.29, 1.82) is 0 Å². The van der Waals surface area contributed by atoms with E-state index in [2.05, 4.69) is 0 Å². The fourth-order valence-corrected chi connectivity index (χ4v) is 7.94.